The summed E-state index contributed by atoms with van der Waals surface area (Å²) in [4.78, 5) is 4.17. The molecule has 0 unspecified atom stereocenters. The fourth-order valence-electron chi connectivity index (χ4n) is 1.41. The number of nitrogens with zero attached hydrogens (tertiary/aromatic N) is 1. The molecule has 0 fully saturated rings. The Hall–Kier alpha value is -1.01. The third-order valence-electron chi connectivity index (χ3n) is 2.33. The number of hydrogen-bond acceptors (Lipinski definition) is 4. The molecule has 4 nitrogen and oxygen atoms in total. The topological polar surface area (TPSA) is 60.2 Å². The lowest BCUT2D eigenvalue weighted by atomic mass is 10.3. The van der Waals surface area contributed by atoms with E-state index in [0.29, 0.717) is 15.8 Å². The van der Waals surface area contributed by atoms with Crippen LogP contribution in [0, 0.1) is 0 Å². The fraction of sp³-hybridized carbons (Fsp3) is 0.0833. The molecule has 1 aromatic carbocycles. The molecule has 100 valence electrons. The first-order valence-corrected chi connectivity index (χ1v) is 6.84. The Kier molecular flexibility index (Phi) is 4.87. The summed E-state index contributed by atoms with van der Waals surface area (Å²) in [6.45, 7) is 0.271. The van der Waals surface area contributed by atoms with Gasteiger partial charge >= 0.3 is 0 Å². The summed E-state index contributed by atoms with van der Waals surface area (Å²) in [7, 11) is 0. The lowest BCUT2D eigenvalue weighted by Crippen LogP contribution is -2.08. The number of hydrogen-bond donors (Lipinski definition) is 2. The molecule has 0 aliphatic carbocycles. The van der Waals surface area contributed by atoms with Crippen LogP contribution in [0.5, 0.6) is 5.75 Å². The zero-order valence-electron chi connectivity index (χ0n) is 9.66. The van der Waals surface area contributed by atoms with Crippen LogP contribution in [-0.2, 0) is 6.61 Å². The minimum Gasteiger partial charge on any atom is -0.486 e. The molecule has 0 radical (unpaired) electrons. The second-order valence-corrected chi connectivity index (χ2v) is 5.33. The third-order valence-corrected chi connectivity index (χ3v) is 3.83. The summed E-state index contributed by atoms with van der Waals surface area (Å²) in [6.07, 6.45) is 1.64. The van der Waals surface area contributed by atoms with Gasteiger partial charge in [0.2, 0.25) is 0 Å². The SMILES string of the molecule is NNc1ccnc(COc2cc(Cl)c(Br)cc2Cl)c1. The highest BCUT2D eigenvalue weighted by Crippen LogP contribution is 2.34. The van der Waals surface area contributed by atoms with E-state index in [9.17, 15) is 0 Å². The van der Waals surface area contributed by atoms with Crippen LogP contribution in [0.1, 0.15) is 5.69 Å². The highest BCUT2D eigenvalue weighted by molar-refractivity contribution is 9.10. The molecule has 1 heterocycles. The average molecular weight is 363 g/mol. The van der Waals surface area contributed by atoms with Gasteiger partial charge in [-0.3, -0.25) is 10.8 Å². The molecule has 0 spiro atoms. The normalized spacial score (nSPS) is 10.3. The van der Waals surface area contributed by atoms with E-state index in [1.165, 1.54) is 0 Å². The van der Waals surface area contributed by atoms with Crippen molar-refractivity contribution in [2.75, 3.05) is 5.43 Å². The van der Waals surface area contributed by atoms with Gasteiger partial charge in [-0.2, -0.15) is 0 Å². The second kappa shape index (κ2) is 6.43. The molecule has 0 atom stereocenters. The average Bonchev–Trinajstić information content (AvgIpc) is 2.41. The maximum absolute atomic E-state index is 6.06. The van der Waals surface area contributed by atoms with Crippen molar-refractivity contribution in [3.63, 3.8) is 0 Å². The highest BCUT2D eigenvalue weighted by Gasteiger charge is 2.07. The van der Waals surface area contributed by atoms with E-state index in [1.54, 1.807) is 30.5 Å². The number of ether oxygens (including phenoxy) is 1. The van der Waals surface area contributed by atoms with Crippen LogP contribution in [0.2, 0.25) is 10.0 Å². The van der Waals surface area contributed by atoms with Crippen molar-refractivity contribution >= 4 is 44.8 Å². The van der Waals surface area contributed by atoms with Crippen molar-refractivity contribution in [2.24, 2.45) is 5.84 Å². The molecule has 2 aromatic rings. The number of anilines is 1. The van der Waals surface area contributed by atoms with Crippen molar-refractivity contribution in [2.45, 2.75) is 6.61 Å². The summed E-state index contributed by atoms with van der Waals surface area (Å²) in [5.74, 6) is 5.83. The van der Waals surface area contributed by atoms with E-state index < -0.39 is 0 Å². The number of rotatable bonds is 4. The number of nitrogens with one attached hydrogen (secondary N) is 1. The Morgan fingerprint density at radius 1 is 1.26 bits per heavy atom. The molecule has 0 saturated carbocycles. The molecule has 1 aromatic heterocycles. The van der Waals surface area contributed by atoms with Gasteiger partial charge in [0.05, 0.1) is 21.4 Å². The molecule has 0 aliphatic rings. The first kappa shape index (κ1) is 14.4. The largest absolute Gasteiger partial charge is 0.486 e. The Balaban J connectivity index is 2.12. The minimum atomic E-state index is 0.271. The number of nitrogen functional groups attached to an aromatic ring is 1. The first-order chi connectivity index (χ1) is 9.10. The van der Waals surface area contributed by atoms with Crippen molar-refractivity contribution in [1.82, 2.24) is 4.98 Å². The highest BCUT2D eigenvalue weighted by atomic mass is 79.9. The third kappa shape index (κ3) is 3.73. The van der Waals surface area contributed by atoms with Crippen LogP contribution >= 0.6 is 39.1 Å². The summed E-state index contributed by atoms with van der Waals surface area (Å²) in [6, 6.07) is 6.88. The number of aromatic nitrogens is 1. The number of benzene rings is 1. The van der Waals surface area contributed by atoms with E-state index >= 15 is 0 Å². The van der Waals surface area contributed by atoms with Crippen LogP contribution in [0.4, 0.5) is 5.69 Å². The summed E-state index contributed by atoms with van der Waals surface area (Å²) in [5.41, 5.74) is 4.03. The molecule has 0 aliphatic heterocycles. The molecule has 3 N–H and O–H groups in total. The number of halogens is 3. The van der Waals surface area contributed by atoms with Gasteiger partial charge in [0.25, 0.3) is 0 Å². The van der Waals surface area contributed by atoms with E-state index in [4.69, 9.17) is 33.8 Å². The molecular weight excluding hydrogens is 353 g/mol. The van der Waals surface area contributed by atoms with Crippen molar-refractivity contribution in [3.8, 4) is 5.75 Å². The van der Waals surface area contributed by atoms with Crippen LogP contribution < -0.4 is 16.0 Å². The van der Waals surface area contributed by atoms with E-state index in [1.807, 2.05) is 0 Å². The van der Waals surface area contributed by atoms with Crippen molar-refractivity contribution in [1.29, 1.82) is 0 Å². The summed E-state index contributed by atoms with van der Waals surface area (Å²) < 4.78 is 6.31. The minimum absolute atomic E-state index is 0.271. The van der Waals surface area contributed by atoms with Crippen LogP contribution in [0.3, 0.4) is 0 Å². The standard InChI is InChI=1S/C12H10BrCl2N3O/c13-9-4-11(15)12(5-10(9)14)19-6-8-3-7(18-16)1-2-17-8/h1-5H,6,16H2,(H,17,18). The smallest absolute Gasteiger partial charge is 0.140 e. The maximum atomic E-state index is 6.06. The Bertz CT molecular complexity index is 595. The molecular formula is C12H10BrCl2N3O. The molecule has 0 bridgehead atoms. The van der Waals surface area contributed by atoms with Gasteiger partial charge in [-0.1, -0.05) is 23.2 Å². The van der Waals surface area contributed by atoms with Gasteiger partial charge in [0, 0.05) is 16.7 Å². The van der Waals surface area contributed by atoms with Gasteiger partial charge in [-0.15, -0.1) is 0 Å². The van der Waals surface area contributed by atoms with E-state index in [2.05, 4.69) is 26.3 Å². The van der Waals surface area contributed by atoms with Gasteiger partial charge in [-0.05, 0) is 34.1 Å². The second-order valence-electron chi connectivity index (χ2n) is 3.67. The zero-order valence-corrected chi connectivity index (χ0v) is 12.8. The maximum Gasteiger partial charge on any atom is 0.140 e. The van der Waals surface area contributed by atoms with Crippen molar-refractivity contribution in [3.05, 3.63) is 50.7 Å². The predicted octanol–water partition coefficient (Wildman–Crippen LogP) is 4.02. The number of hydrazine groups is 1. The first-order valence-electron chi connectivity index (χ1n) is 5.29. The molecule has 7 heteroatoms. The fourth-order valence-corrected chi connectivity index (χ4v) is 2.26. The van der Waals surface area contributed by atoms with E-state index in [0.717, 1.165) is 15.9 Å². The van der Waals surface area contributed by atoms with Crippen LogP contribution in [0.25, 0.3) is 0 Å². The summed E-state index contributed by atoms with van der Waals surface area (Å²) >= 11 is 15.3. The lowest BCUT2D eigenvalue weighted by Gasteiger charge is -2.09. The number of nitrogens with two attached hydrogens (primary N) is 1. The molecule has 0 saturated heterocycles. The zero-order chi connectivity index (χ0) is 13.8. The monoisotopic (exact) mass is 361 g/mol. The Morgan fingerprint density at radius 2 is 2.05 bits per heavy atom. The summed E-state index contributed by atoms with van der Waals surface area (Å²) in [5, 5.41) is 1.01. The molecule has 19 heavy (non-hydrogen) atoms. The predicted molar refractivity (Wildman–Crippen MR) is 80.5 cm³/mol. The van der Waals surface area contributed by atoms with E-state index in [-0.39, 0.29) is 6.61 Å². The van der Waals surface area contributed by atoms with Crippen molar-refractivity contribution < 1.29 is 4.74 Å². The van der Waals surface area contributed by atoms with Crippen LogP contribution in [0.15, 0.2) is 34.9 Å². The number of pyridine rings is 1. The molecule has 0 amide bonds. The Morgan fingerprint density at radius 3 is 2.79 bits per heavy atom. The quantitative estimate of drug-likeness (QED) is 0.490. The lowest BCUT2D eigenvalue weighted by molar-refractivity contribution is 0.301. The van der Waals surface area contributed by atoms with Gasteiger partial charge in [0.1, 0.15) is 12.4 Å². The van der Waals surface area contributed by atoms with Gasteiger partial charge in [0.15, 0.2) is 0 Å². The molecule has 2 rings (SSSR count). The van der Waals surface area contributed by atoms with Gasteiger partial charge < -0.3 is 10.2 Å². The Labute approximate surface area is 129 Å². The van der Waals surface area contributed by atoms with Gasteiger partial charge in [-0.25, -0.2) is 0 Å². The van der Waals surface area contributed by atoms with Crippen LogP contribution in [-0.4, -0.2) is 4.98 Å².